The SMILES string of the molecule is O=C(Nc1ccc2nc(NC(=O)c3ccccc3)sc2c1)c1ccc(Cl)cc1. The molecule has 0 unspecified atom stereocenters. The summed E-state index contributed by atoms with van der Waals surface area (Å²) in [7, 11) is 0. The van der Waals surface area contributed by atoms with Crippen LogP contribution in [0.5, 0.6) is 0 Å². The lowest BCUT2D eigenvalue weighted by molar-refractivity contribution is 0.101. The van der Waals surface area contributed by atoms with Gasteiger partial charge in [-0.15, -0.1) is 0 Å². The highest BCUT2D eigenvalue weighted by molar-refractivity contribution is 7.22. The maximum Gasteiger partial charge on any atom is 0.257 e. The van der Waals surface area contributed by atoms with E-state index in [0.29, 0.717) is 27.0 Å². The first kappa shape index (κ1) is 18.2. The van der Waals surface area contributed by atoms with E-state index in [1.807, 2.05) is 30.3 Å². The summed E-state index contributed by atoms with van der Waals surface area (Å²) in [6.07, 6.45) is 0. The number of anilines is 2. The molecule has 0 fully saturated rings. The van der Waals surface area contributed by atoms with Crippen LogP contribution in [0.25, 0.3) is 10.2 Å². The van der Waals surface area contributed by atoms with E-state index in [0.717, 1.165) is 10.2 Å². The number of amides is 2. The molecule has 0 spiro atoms. The predicted molar refractivity (Wildman–Crippen MR) is 113 cm³/mol. The summed E-state index contributed by atoms with van der Waals surface area (Å²) in [4.78, 5) is 29.0. The van der Waals surface area contributed by atoms with Crippen LogP contribution in [0.1, 0.15) is 20.7 Å². The number of carbonyl (C=O) groups is 2. The Labute approximate surface area is 170 Å². The molecule has 4 aromatic rings. The lowest BCUT2D eigenvalue weighted by atomic mass is 10.2. The minimum Gasteiger partial charge on any atom is -0.322 e. The molecule has 28 heavy (non-hydrogen) atoms. The molecule has 7 heteroatoms. The Hall–Kier alpha value is -3.22. The largest absolute Gasteiger partial charge is 0.322 e. The maximum absolute atomic E-state index is 12.3. The van der Waals surface area contributed by atoms with Crippen molar-refractivity contribution in [1.82, 2.24) is 4.98 Å². The number of benzene rings is 3. The van der Waals surface area contributed by atoms with Crippen molar-refractivity contribution >= 4 is 55.8 Å². The highest BCUT2D eigenvalue weighted by atomic mass is 35.5. The zero-order valence-electron chi connectivity index (χ0n) is 14.5. The Morgan fingerprint density at radius 2 is 1.50 bits per heavy atom. The Morgan fingerprint density at radius 3 is 2.25 bits per heavy atom. The fourth-order valence-electron chi connectivity index (χ4n) is 2.62. The minimum atomic E-state index is -0.224. The zero-order chi connectivity index (χ0) is 19.5. The van der Waals surface area contributed by atoms with Crippen LogP contribution in [0.4, 0.5) is 10.8 Å². The molecule has 0 aliphatic heterocycles. The molecule has 2 amide bonds. The van der Waals surface area contributed by atoms with E-state index >= 15 is 0 Å². The molecule has 0 saturated heterocycles. The summed E-state index contributed by atoms with van der Waals surface area (Å²) in [5, 5.41) is 6.74. The van der Waals surface area contributed by atoms with E-state index in [2.05, 4.69) is 15.6 Å². The van der Waals surface area contributed by atoms with Crippen molar-refractivity contribution in [3.05, 3.63) is 88.9 Å². The van der Waals surface area contributed by atoms with Gasteiger partial charge in [0.05, 0.1) is 10.2 Å². The van der Waals surface area contributed by atoms with Crippen molar-refractivity contribution in [3.63, 3.8) is 0 Å². The normalized spacial score (nSPS) is 10.6. The van der Waals surface area contributed by atoms with Gasteiger partial charge in [0.1, 0.15) is 0 Å². The fourth-order valence-corrected chi connectivity index (χ4v) is 3.65. The van der Waals surface area contributed by atoms with Crippen LogP contribution in [0.3, 0.4) is 0 Å². The van der Waals surface area contributed by atoms with Crippen molar-refractivity contribution in [1.29, 1.82) is 0 Å². The van der Waals surface area contributed by atoms with E-state index in [1.54, 1.807) is 42.5 Å². The zero-order valence-corrected chi connectivity index (χ0v) is 16.1. The lowest BCUT2D eigenvalue weighted by Gasteiger charge is -2.05. The second-order valence-electron chi connectivity index (χ2n) is 5.98. The number of nitrogens with one attached hydrogen (secondary N) is 2. The summed E-state index contributed by atoms with van der Waals surface area (Å²) in [6.45, 7) is 0. The molecule has 0 radical (unpaired) electrons. The van der Waals surface area contributed by atoms with Crippen molar-refractivity contribution in [2.24, 2.45) is 0 Å². The molecule has 0 aliphatic carbocycles. The molecule has 0 atom stereocenters. The summed E-state index contributed by atoms with van der Waals surface area (Å²) in [5.41, 5.74) is 2.48. The lowest BCUT2D eigenvalue weighted by Crippen LogP contribution is -2.11. The maximum atomic E-state index is 12.3. The molecular weight excluding hydrogens is 394 g/mol. The van der Waals surface area contributed by atoms with E-state index < -0.39 is 0 Å². The molecular formula is C21H14ClN3O2S. The van der Waals surface area contributed by atoms with Gasteiger partial charge in [-0.3, -0.25) is 14.9 Å². The molecule has 5 nitrogen and oxygen atoms in total. The Bertz CT molecular complexity index is 1160. The fraction of sp³-hybridized carbons (Fsp3) is 0. The Morgan fingerprint density at radius 1 is 0.821 bits per heavy atom. The topological polar surface area (TPSA) is 71.1 Å². The number of rotatable bonds is 4. The molecule has 138 valence electrons. The monoisotopic (exact) mass is 407 g/mol. The second-order valence-corrected chi connectivity index (χ2v) is 7.45. The van der Waals surface area contributed by atoms with E-state index in [1.165, 1.54) is 11.3 Å². The smallest absolute Gasteiger partial charge is 0.257 e. The molecule has 1 heterocycles. The van der Waals surface area contributed by atoms with E-state index in [9.17, 15) is 9.59 Å². The van der Waals surface area contributed by atoms with Crippen molar-refractivity contribution < 1.29 is 9.59 Å². The first-order chi connectivity index (χ1) is 13.6. The molecule has 0 saturated carbocycles. The Kier molecular flexibility index (Phi) is 5.06. The van der Waals surface area contributed by atoms with Crippen LogP contribution in [-0.4, -0.2) is 16.8 Å². The summed E-state index contributed by atoms with van der Waals surface area (Å²) < 4.78 is 0.859. The van der Waals surface area contributed by atoms with Crippen LogP contribution in [0, 0.1) is 0 Å². The molecule has 2 N–H and O–H groups in total. The summed E-state index contributed by atoms with van der Waals surface area (Å²) >= 11 is 7.20. The number of aromatic nitrogens is 1. The van der Waals surface area contributed by atoms with Crippen LogP contribution in [0.2, 0.25) is 5.02 Å². The number of halogens is 1. The van der Waals surface area contributed by atoms with Gasteiger partial charge < -0.3 is 5.32 Å². The number of hydrogen-bond donors (Lipinski definition) is 2. The third-order valence-electron chi connectivity index (χ3n) is 4.01. The van der Waals surface area contributed by atoms with Crippen LogP contribution in [-0.2, 0) is 0 Å². The van der Waals surface area contributed by atoms with Gasteiger partial charge in [0.2, 0.25) is 0 Å². The summed E-state index contributed by atoms with van der Waals surface area (Å²) in [5.74, 6) is -0.436. The molecule has 3 aromatic carbocycles. The van der Waals surface area contributed by atoms with Gasteiger partial charge in [0.25, 0.3) is 11.8 Å². The van der Waals surface area contributed by atoms with Crippen molar-refractivity contribution in [2.45, 2.75) is 0 Å². The third-order valence-corrected chi connectivity index (χ3v) is 5.19. The average molecular weight is 408 g/mol. The van der Waals surface area contributed by atoms with Gasteiger partial charge in [-0.2, -0.15) is 0 Å². The van der Waals surface area contributed by atoms with Gasteiger partial charge >= 0.3 is 0 Å². The first-order valence-corrected chi connectivity index (χ1v) is 9.62. The molecule has 0 aliphatic rings. The van der Waals surface area contributed by atoms with Gasteiger partial charge in [-0.1, -0.05) is 41.1 Å². The highest BCUT2D eigenvalue weighted by Crippen LogP contribution is 2.29. The third kappa shape index (κ3) is 4.03. The second kappa shape index (κ2) is 7.80. The van der Waals surface area contributed by atoms with E-state index in [4.69, 9.17) is 11.6 Å². The Balaban J connectivity index is 1.51. The number of hydrogen-bond acceptors (Lipinski definition) is 4. The van der Waals surface area contributed by atoms with E-state index in [-0.39, 0.29) is 11.8 Å². The van der Waals surface area contributed by atoms with Gasteiger partial charge in [-0.05, 0) is 54.6 Å². The van der Waals surface area contributed by atoms with Crippen LogP contribution >= 0.6 is 22.9 Å². The molecule has 0 bridgehead atoms. The van der Waals surface area contributed by atoms with Gasteiger partial charge in [0, 0.05) is 21.8 Å². The van der Waals surface area contributed by atoms with Gasteiger partial charge in [-0.25, -0.2) is 4.98 Å². The molecule has 1 aromatic heterocycles. The quantitative estimate of drug-likeness (QED) is 0.472. The number of fused-ring (bicyclic) bond motifs is 1. The van der Waals surface area contributed by atoms with Crippen LogP contribution in [0.15, 0.2) is 72.8 Å². The summed E-state index contributed by atoms with van der Waals surface area (Å²) in [6, 6.07) is 21.1. The van der Waals surface area contributed by atoms with Crippen LogP contribution < -0.4 is 10.6 Å². The highest BCUT2D eigenvalue weighted by Gasteiger charge is 2.11. The van der Waals surface area contributed by atoms with Crippen molar-refractivity contribution in [2.75, 3.05) is 10.6 Å². The first-order valence-electron chi connectivity index (χ1n) is 8.42. The number of thiazole rings is 1. The molecule has 4 rings (SSSR count). The standard InChI is InChI=1S/C21H14ClN3O2S/c22-15-8-6-14(7-9-15)19(26)23-16-10-11-17-18(12-16)28-21(24-17)25-20(27)13-4-2-1-3-5-13/h1-12H,(H,23,26)(H,24,25,27). The average Bonchev–Trinajstić information content (AvgIpc) is 3.10. The van der Waals surface area contributed by atoms with Crippen molar-refractivity contribution in [3.8, 4) is 0 Å². The minimum absolute atomic E-state index is 0.212. The number of nitrogens with zero attached hydrogens (tertiary/aromatic N) is 1. The predicted octanol–water partition coefficient (Wildman–Crippen LogP) is 5.45. The number of carbonyl (C=O) groups excluding carboxylic acids is 2. The van der Waals surface area contributed by atoms with Gasteiger partial charge in [0.15, 0.2) is 5.13 Å².